The highest BCUT2D eigenvalue weighted by molar-refractivity contribution is 6.57. The molecule has 0 spiro atoms. The molecular formula is C45H45N7O4. The van der Waals surface area contributed by atoms with Gasteiger partial charge in [-0.3, -0.25) is 28.5 Å². The standard InChI is InChI=1S/C24H26N4O2.C21H19N3O2/c1-26(2)16-11-13-27(14-12-16)15-28-20-10-6-4-8-18(20)21(24(28)30)22-23(29)17-7-3-5-9-19(17)25-22;25-20-14-7-1-3-9-16(14)22-19(20)18-15-8-2-4-10-17(15)24(21(18)26)13-23-11-5-6-12-23/h3-10,16,30H,11-15H2,1-2H3;1-4,7-10,26H,5-6,11-13H2. The summed E-state index contributed by atoms with van der Waals surface area (Å²) in [6.45, 7) is 5.26. The molecule has 0 bridgehead atoms. The number of carbonyl (C=O) groups is 2. The molecule has 6 aromatic rings. The number of piperidine rings is 1. The van der Waals surface area contributed by atoms with E-state index in [1.165, 1.54) is 12.8 Å². The van der Waals surface area contributed by atoms with Crippen molar-refractivity contribution >= 4 is 56.2 Å². The maximum Gasteiger partial charge on any atom is 0.214 e. The fourth-order valence-electron chi connectivity index (χ4n) is 8.70. The average molecular weight is 748 g/mol. The van der Waals surface area contributed by atoms with Crippen molar-refractivity contribution in [2.75, 3.05) is 40.3 Å². The van der Waals surface area contributed by atoms with Crippen LogP contribution in [0.15, 0.2) is 107 Å². The number of Topliss-reactive ketones (excluding diaryl/α,β-unsaturated/α-hetero) is 2. The maximum absolute atomic E-state index is 13.0. The monoisotopic (exact) mass is 747 g/mol. The molecule has 4 aliphatic rings. The summed E-state index contributed by atoms with van der Waals surface area (Å²) in [7, 11) is 4.27. The number of para-hydroxylation sites is 4. The summed E-state index contributed by atoms with van der Waals surface area (Å²) in [5, 5.41) is 24.0. The zero-order valence-electron chi connectivity index (χ0n) is 31.7. The van der Waals surface area contributed by atoms with Crippen LogP contribution in [0.4, 0.5) is 11.4 Å². The molecule has 4 aliphatic heterocycles. The van der Waals surface area contributed by atoms with E-state index in [1.54, 1.807) is 12.1 Å². The van der Waals surface area contributed by atoms with Crippen LogP contribution in [0.3, 0.4) is 0 Å². The van der Waals surface area contributed by atoms with Gasteiger partial charge in [-0.1, -0.05) is 60.7 Å². The highest BCUT2D eigenvalue weighted by Gasteiger charge is 2.33. The van der Waals surface area contributed by atoms with Crippen molar-refractivity contribution in [2.24, 2.45) is 9.98 Å². The molecule has 11 heteroatoms. The second-order valence-electron chi connectivity index (χ2n) is 15.3. The summed E-state index contributed by atoms with van der Waals surface area (Å²) >= 11 is 0. The van der Waals surface area contributed by atoms with E-state index in [2.05, 4.69) is 38.8 Å². The van der Waals surface area contributed by atoms with Crippen molar-refractivity contribution < 1.29 is 19.8 Å². The number of ketones is 2. The summed E-state index contributed by atoms with van der Waals surface area (Å²) < 4.78 is 3.81. The fraction of sp³-hybridized carbons (Fsp3) is 0.289. The van der Waals surface area contributed by atoms with Crippen molar-refractivity contribution in [2.45, 2.75) is 45.1 Å². The second kappa shape index (κ2) is 14.6. The van der Waals surface area contributed by atoms with Gasteiger partial charge < -0.3 is 15.1 Å². The van der Waals surface area contributed by atoms with Gasteiger partial charge in [0, 0.05) is 41.0 Å². The van der Waals surface area contributed by atoms with Crippen molar-refractivity contribution in [3.63, 3.8) is 0 Å². The molecule has 2 aromatic heterocycles. The van der Waals surface area contributed by atoms with E-state index >= 15 is 0 Å². The van der Waals surface area contributed by atoms with Crippen molar-refractivity contribution in [3.05, 3.63) is 119 Å². The second-order valence-corrected chi connectivity index (χ2v) is 15.3. The summed E-state index contributed by atoms with van der Waals surface area (Å²) in [4.78, 5) is 42.0. The van der Waals surface area contributed by atoms with E-state index in [-0.39, 0.29) is 23.3 Å². The minimum absolute atomic E-state index is 0.117. The number of aromatic nitrogens is 2. The van der Waals surface area contributed by atoms with Crippen LogP contribution >= 0.6 is 0 Å². The molecule has 2 fully saturated rings. The SMILES string of the molecule is CN(C)C1CCN(Cn2c(O)c(C3=Nc4ccccc4C3=O)c3ccccc32)CC1.O=C1C(c2c(O)n(CN3CCCC3)c3ccccc23)=Nc2ccccc21. The van der Waals surface area contributed by atoms with E-state index < -0.39 is 0 Å². The number of rotatable bonds is 7. The Morgan fingerprint density at radius 3 is 1.45 bits per heavy atom. The number of benzene rings is 4. The van der Waals surface area contributed by atoms with Gasteiger partial charge in [0.15, 0.2) is 0 Å². The summed E-state index contributed by atoms with van der Waals surface area (Å²) in [6, 6.07) is 31.0. The number of hydrogen-bond donors (Lipinski definition) is 2. The van der Waals surface area contributed by atoms with E-state index in [1.807, 2.05) is 94.1 Å². The average Bonchev–Trinajstić information content (AvgIpc) is 4.04. The predicted octanol–water partition coefficient (Wildman–Crippen LogP) is 7.36. The Balaban J connectivity index is 0.000000148. The Bertz CT molecular complexity index is 2570. The van der Waals surface area contributed by atoms with Crippen molar-refractivity contribution in [1.29, 1.82) is 0 Å². The Kier molecular flexibility index (Phi) is 9.36. The van der Waals surface area contributed by atoms with Gasteiger partial charge in [-0.05, 0) is 89.3 Å². The molecule has 0 aliphatic carbocycles. The lowest BCUT2D eigenvalue weighted by Gasteiger charge is -2.35. The van der Waals surface area contributed by atoms with Gasteiger partial charge in [-0.15, -0.1) is 0 Å². The Labute approximate surface area is 325 Å². The van der Waals surface area contributed by atoms with Gasteiger partial charge in [0.25, 0.3) is 0 Å². The first-order valence-electron chi connectivity index (χ1n) is 19.5. The summed E-state index contributed by atoms with van der Waals surface area (Å²) in [5.41, 5.74) is 6.12. The molecule has 0 radical (unpaired) electrons. The third-order valence-electron chi connectivity index (χ3n) is 11.7. The quantitative estimate of drug-likeness (QED) is 0.175. The van der Waals surface area contributed by atoms with Crippen molar-refractivity contribution in [1.82, 2.24) is 23.8 Å². The molecule has 0 amide bonds. The van der Waals surface area contributed by atoms with E-state index in [9.17, 15) is 19.8 Å². The van der Waals surface area contributed by atoms with Crippen LogP contribution in [0, 0.1) is 0 Å². The first kappa shape index (κ1) is 35.8. The van der Waals surface area contributed by atoms with Gasteiger partial charge in [-0.25, -0.2) is 9.98 Å². The Hall–Kier alpha value is -5.88. The number of carbonyl (C=O) groups excluding carboxylic acids is 2. The van der Waals surface area contributed by atoms with Gasteiger partial charge in [-0.2, -0.15) is 0 Å². The zero-order valence-corrected chi connectivity index (χ0v) is 31.7. The molecule has 2 N–H and O–H groups in total. The molecule has 56 heavy (non-hydrogen) atoms. The third kappa shape index (κ3) is 6.21. The maximum atomic E-state index is 13.0. The van der Waals surface area contributed by atoms with Gasteiger partial charge in [0.1, 0.15) is 11.4 Å². The van der Waals surface area contributed by atoms with E-state index in [0.29, 0.717) is 64.4 Å². The topological polar surface area (TPSA) is 119 Å². The highest BCUT2D eigenvalue weighted by atomic mass is 16.3. The minimum atomic E-state index is -0.129. The van der Waals surface area contributed by atoms with Crippen LogP contribution in [0.2, 0.25) is 0 Å². The number of fused-ring (bicyclic) bond motifs is 4. The number of likely N-dealkylation sites (tertiary alicyclic amines) is 2. The van der Waals surface area contributed by atoms with Gasteiger partial charge in [0.05, 0.1) is 46.9 Å². The first-order valence-corrected chi connectivity index (χ1v) is 19.5. The van der Waals surface area contributed by atoms with Gasteiger partial charge in [0.2, 0.25) is 23.3 Å². The molecule has 10 rings (SSSR count). The minimum Gasteiger partial charge on any atom is -0.494 e. The fourth-order valence-corrected chi connectivity index (χ4v) is 8.70. The molecule has 2 saturated heterocycles. The Morgan fingerprint density at radius 2 is 1.00 bits per heavy atom. The van der Waals surface area contributed by atoms with Crippen molar-refractivity contribution in [3.8, 4) is 11.8 Å². The zero-order chi connectivity index (χ0) is 38.5. The summed E-state index contributed by atoms with van der Waals surface area (Å²) in [6.07, 6.45) is 4.60. The first-order chi connectivity index (χ1) is 27.3. The van der Waals surface area contributed by atoms with Crippen LogP contribution in [0.25, 0.3) is 21.8 Å². The smallest absolute Gasteiger partial charge is 0.214 e. The molecule has 4 aromatic carbocycles. The lowest BCUT2D eigenvalue weighted by molar-refractivity contribution is 0.106. The number of nitrogens with zero attached hydrogens (tertiary/aromatic N) is 7. The molecule has 284 valence electrons. The van der Waals surface area contributed by atoms with E-state index in [0.717, 1.165) is 60.8 Å². The van der Waals surface area contributed by atoms with Crippen LogP contribution in [-0.4, -0.2) is 103 Å². The lowest BCUT2D eigenvalue weighted by atomic mass is 10.0. The molecule has 0 atom stereocenters. The normalized spacial score (nSPS) is 17.4. The van der Waals surface area contributed by atoms with Crippen LogP contribution in [0.1, 0.15) is 57.5 Å². The molecule has 0 saturated carbocycles. The Morgan fingerprint density at radius 1 is 0.589 bits per heavy atom. The van der Waals surface area contributed by atoms with Crippen LogP contribution < -0.4 is 0 Å². The largest absolute Gasteiger partial charge is 0.494 e. The third-order valence-corrected chi connectivity index (χ3v) is 11.7. The van der Waals surface area contributed by atoms with Crippen LogP contribution in [-0.2, 0) is 13.3 Å². The highest BCUT2D eigenvalue weighted by Crippen LogP contribution is 2.39. The van der Waals surface area contributed by atoms with Gasteiger partial charge >= 0.3 is 0 Å². The molecular weight excluding hydrogens is 703 g/mol. The van der Waals surface area contributed by atoms with Crippen LogP contribution in [0.5, 0.6) is 11.8 Å². The number of hydrogen-bond acceptors (Lipinski definition) is 9. The molecule has 6 heterocycles. The summed E-state index contributed by atoms with van der Waals surface area (Å²) in [5.74, 6) is -0.0144. The van der Waals surface area contributed by atoms with E-state index in [4.69, 9.17) is 0 Å². The lowest BCUT2D eigenvalue weighted by Crippen LogP contribution is -2.42. The number of aromatic hydroxyl groups is 2. The molecule has 11 nitrogen and oxygen atoms in total. The predicted molar refractivity (Wildman–Crippen MR) is 220 cm³/mol. The number of aliphatic imine (C=N–C) groups is 2. The molecule has 0 unspecified atom stereocenters.